The minimum atomic E-state index is -1.13. The van der Waals surface area contributed by atoms with Crippen LogP contribution in [0.15, 0.2) is 206 Å². The van der Waals surface area contributed by atoms with E-state index in [4.69, 9.17) is 56.8 Å². The Kier molecular flexibility index (Phi) is 21.4. The molecule has 7 aromatic rings. The molecule has 2 aliphatic heterocycles. The Morgan fingerprint density at radius 1 is 0.385 bits per heavy atom. The van der Waals surface area contributed by atoms with Crippen LogP contribution in [-0.2, 0) is 98.4 Å². The molecule has 0 saturated carbocycles. The lowest BCUT2D eigenvalue weighted by Crippen LogP contribution is -2.65. The van der Waals surface area contributed by atoms with Crippen molar-refractivity contribution in [3.63, 3.8) is 0 Å². The van der Waals surface area contributed by atoms with Gasteiger partial charge >= 0.3 is 6.09 Å². The van der Waals surface area contributed by atoms with Crippen LogP contribution in [0.5, 0.6) is 5.75 Å². The Morgan fingerprint density at radius 2 is 0.731 bits per heavy atom. The van der Waals surface area contributed by atoms with E-state index in [1.54, 1.807) is 14.2 Å². The highest BCUT2D eigenvalue weighted by atomic mass is 16.7. The zero-order chi connectivity index (χ0) is 53.6. The van der Waals surface area contributed by atoms with Gasteiger partial charge in [-0.3, -0.25) is 5.32 Å². The third-order valence-electron chi connectivity index (χ3n) is 13.5. The quantitative estimate of drug-likeness (QED) is 0.0523. The number of hydrogen-bond acceptors (Lipinski definition) is 13. The number of benzene rings is 7. The van der Waals surface area contributed by atoms with Crippen molar-refractivity contribution < 1.29 is 61.6 Å². The van der Waals surface area contributed by atoms with Gasteiger partial charge in [-0.1, -0.05) is 194 Å². The molecule has 0 unspecified atom stereocenters. The summed E-state index contributed by atoms with van der Waals surface area (Å²) in [4.78, 5) is 14.6. The Bertz CT molecular complexity index is 2770. The van der Waals surface area contributed by atoms with Crippen LogP contribution < -0.4 is 10.1 Å². The molecule has 14 nitrogen and oxygen atoms in total. The highest BCUT2D eigenvalue weighted by Crippen LogP contribution is 2.33. The normalized spacial score (nSPS) is 23.1. The second-order valence-electron chi connectivity index (χ2n) is 19.0. The molecule has 2 heterocycles. The average Bonchev–Trinajstić information content (AvgIpc) is 3.56. The van der Waals surface area contributed by atoms with Crippen molar-refractivity contribution in [3.05, 3.63) is 245 Å². The number of hydrogen-bond donors (Lipinski definition) is 1. The predicted molar refractivity (Wildman–Crippen MR) is 292 cm³/mol. The number of methoxy groups -OCH3 is 2. The molecule has 10 atom stereocenters. The summed E-state index contributed by atoms with van der Waals surface area (Å²) in [6.07, 6.45) is -9.33. The lowest BCUT2D eigenvalue weighted by Gasteiger charge is -2.46. The van der Waals surface area contributed by atoms with Gasteiger partial charge in [0.15, 0.2) is 12.5 Å². The van der Waals surface area contributed by atoms with Gasteiger partial charge in [0.1, 0.15) is 61.2 Å². The standard InChI is InChI=1S/C64H69NO13/c1-67-53-35-33-52(34-36-53)37-69-44-54-56(70-38-46-21-9-3-10-22-46)58(72-40-48-25-13-5-14-26-48)60(74-42-50-29-17-7-18-30-50)62(77-54)65-64(66)76-45-55-57(71-39-47-23-11-4-12-24-47)59(73-41-49-27-15-6-16-28-49)61(63(68-2)78-55)75-43-51-31-19-8-20-32-51/h3-36,54-63H,37-45H2,1-2H3,(H,65,66)/t54-,55-,56-,57-,58+,59+,60-,61-,62-,63+/m1/s1. The minimum Gasteiger partial charge on any atom is -0.497 e. The van der Waals surface area contributed by atoms with Crippen molar-refractivity contribution in [1.29, 1.82) is 0 Å². The lowest BCUT2D eigenvalue weighted by atomic mass is 9.97. The highest BCUT2D eigenvalue weighted by Gasteiger charge is 2.51. The van der Waals surface area contributed by atoms with Crippen LogP contribution in [0.25, 0.3) is 0 Å². The van der Waals surface area contributed by atoms with Gasteiger partial charge in [-0.15, -0.1) is 0 Å². The molecule has 0 aliphatic carbocycles. The first-order chi connectivity index (χ1) is 38.5. The van der Waals surface area contributed by atoms with Crippen LogP contribution in [0.3, 0.4) is 0 Å². The van der Waals surface area contributed by atoms with Gasteiger partial charge in [0, 0.05) is 7.11 Å². The fraction of sp³-hybridized carbons (Fsp3) is 0.328. The minimum absolute atomic E-state index is 0.0714. The van der Waals surface area contributed by atoms with Gasteiger partial charge in [-0.25, -0.2) is 4.79 Å². The van der Waals surface area contributed by atoms with E-state index in [-0.39, 0.29) is 59.5 Å². The number of amides is 1. The highest BCUT2D eigenvalue weighted by molar-refractivity contribution is 5.67. The fourth-order valence-corrected chi connectivity index (χ4v) is 9.44. The van der Waals surface area contributed by atoms with Crippen LogP contribution in [0.1, 0.15) is 38.9 Å². The van der Waals surface area contributed by atoms with Crippen LogP contribution in [0, 0.1) is 0 Å². The van der Waals surface area contributed by atoms with Crippen LogP contribution in [-0.4, -0.2) is 94.9 Å². The zero-order valence-corrected chi connectivity index (χ0v) is 44.1. The maximum atomic E-state index is 14.6. The zero-order valence-electron chi connectivity index (χ0n) is 44.1. The summed E-state index contributed by atoms with van der Waals surface area (Å²) in [5.41, 5.74) is 6.58. The molecule has 14 heteroatoms. The Labute approximate surface area is 457 Å². The number of rotatable bonds is 27. The molecule has 0 aromatic heterocycles. The van der Waals surface area contributed by atoms with E-state index in [1.807, 2.05) is 206 Å². The number of carbonyl (C=O) groups excluding carboxylic acids is 1. The topological polar surface area (TPSA) is 140 Å². The average molecular weight is 1060 g/mol. The summed E-state index contributed by atoms with van der Waals surface area (Å²) in [5, 5.41) is 3.02. The summed E-state index contributed by atoms with van der Waals surface area (Å²) >= 11 is 0. The second-order valence-corrected chi connectivity index (χ2v) is 19.0. The van der Waals surface area contributed by atoms with E-state index in [0.29, 0.717) is 0 Å². The number of nitrogens with one attached hydrogen (secondary N) is 1. The molecule has 1 N–H and O–H groups in total. The Morgan fingerprint density at radius 3 is 1.13 bits per heavy atom. The maximum absolute atomic E-state index is 14.6. The van der Waals surface area contributed by atoms with Crippen LogP contribution >= 0.6 is 0 Å². The Balaban J connectivity index is 0.996. The smallest absolute Gasteiger partial charge is 0.409 e. The summed E-state index contributed by atoms with van der Waals surface area (Å²) < 4.78 is 78.4. The third-order valence-corrected chi connectivity index (χ3v) is 13.5. The maximum Gasteiger partial charge on any atom is 0.409 e. The SMILES string of the molecule is COc1ccc(COC[C@H]2O[C@@H](NC(=O)OC[C@H]3O[C@H](OC)[C@H](OCc4ccccc4)[C@@H](OCc4ccccc4)[C@@H]3OCc3ccccc3)[C@H](OCc3ccccc3)[C@@H](OCc3ccccc3)[C@@H]2OCc2ccccc2)cc1. The molecule has 7 aromatic carbocycles. The molecule has 78 heavy (non-hydrogen) atoms. The fourth-order valence-electron chi connectivity index (χ4n) is 9.44. The number of carbonyl (C=O) groups is 1. The molecule has 9 rings (SSSR count). The van der Waals surface area contributed by atoms with Crippen molar-refractivity contribution in [2.45, 2.75) is 108 Å². The van der Waals surface area contributed by atoms with Gasteiger partial charge in [0.05, 0.1) is 60.0 Å². The first-order valence-electron chi connectivity index (χ1n) is 26.4. The van der Waals surface area contributed by atoms with E-state index < -0.39 is 67.4 Å². The van der Waals surface area contributed by atoms with E-state index in [9.17, 15) is 4.79 Å². The van der Waals surface area contributed by atoms with Gasteiger partial charge in [-0.2, -0.15) is 0 Å². The summed E-state index contributed by atoms with van der Waals surface area (Å²) in [5.74, 6) is 0.738. The monoisotopic (exact) mass is 1060 g/mol. The molecule has 0 radical (unpaired) electrons. The van der Waals surface area contributed by atoms with Gasteiger partial charge in [0.2, 0.25) is 0 Å². The van der Waals surface area contributed by atoms with Crippen molar-refractivity contribution in [2.24, 2.45) is 0 Å². The molecular formula is C64H69NO13. The second kappa shape index (κ2) is 29.8. The van der Waals surface area contributed by atoms with Crippen molar-refractivity contribution in [1.82, 2.24) is 5.32 Å². The van der Waals surface area contributed by atoms with Gasteiger partial charge in [-0.05, 0) is 51.1 Å². The molecule has 1 amide bonds. The van der Waals surface area contributed by atoms with Crippen LogP contribution in [0.2, 0.25) is 0 Å². The molecule has 0 spiro atoms. The van der Waals surface area contributed by atoms with Crippen molar-refractivity contribution in [2.75, 3.05) is 27.4 Å². The molecule has 2 aliphatic rings. The summed E-state index contributed by atoms with van der Waals surface area (Å²) in [6, 6.07) is 66.8. The largest absolute Gasteiger partial charge is 0.497 e. The lowest BCUT2D eigenvalue weighted by molar-refractivity contribution is -0.321. The Hall–Kier alpha value is -6.79. The number of alkyl carbamates (subject to hydrolysis) is 1. The molecule has 2 fully saturated rings. The molecule has 0 bridgehead atoms. The first kappa shape index (κ1) is 55.9. The summed E-state index contributed by atoms with van der Waals surface area (Å²) in [6.45, 7) is 1.40. The molecular weight excluding hydrogens is 991 g/mol. The van der Waals surface area contributed by atoms with Gasteiger partial charge < -0.3 is 56.8 Å². The van der Waals surface area contributed by atoms with E-state index >= 15 is 0 Å². The van der Waals surface area contributed by atoms with Gasteiger partial charge in [0.25, 0.3) is 0 Å². The summed E-state index contributed by atoms with van der Waals surface area (Å²) in [7, 11) is 3.18. The van der Waals surface area contributed by atoms with Crippen molar-refractivity contribution in [3.8, 4) is 5.75 Å². The molecule has 2 saturated heterocycles. The van der Waals surface area contributed by atoms with E-state index in [0.717, 1.165) is 44.7 Å². The third kappa shape index (κ3) is 16.4. The van der Waals surface area contributed by atoms with E-state index in [1.165, 1.54) is 0 Å². The van der Waals surface area contributed by atoms with Crippen LogP contribution in [0.4, 0.5) is 4.79 Å². The van der Waals surface area contributed by atoms with E-state index in [2.05, 4.69) is 5.32 Å². The first-order valence-corrected chi connectivity index (χ1v) is 26.4. The van der Waals surface area contributed by atoms with Crippen molar-refractivity contribution >= 4 is 6.09 Å². The number of ether oxygens (including phenoxy) is 12. The molecule has 408 valence electrons. The predicted octanol–water partition coefficient (Wildman–Crippen LogP) is 10.5.